The molecule has 0 saturated heterocycles. The number of carbonyl (C=O) groups is 1. The third-order valence-electron chi connectivity index (χ3n) is 1.98. The zero-order valence-electron chi connectivity index (χ0n) is 8.11. The van der Waals surface area contributed by atoms with E-state index >= 15 is 0 Å². The van der Waals surface area contributed by atoms with Crippen molar-refractivity contribution >= 4 is 49.0 Å². The maximum atomic E-state index is 11.9. The molecule has 2 heterocycles. The van der Waals surface area contributed by atoms with Crippen LogP contribution in [0, 0.1) is 0 Å². The van der Waals surface area contributed by atoms with Crippen LogP contribution in [-0.2, 0) is 6.42 Å². The number of hydrogen-bond acceptors (Lipinski definition) is 3. The van der Waals surface area contributed by atoms with E-state index in [9.17, 15) is 4.79 Å². The van der Waals surface area contributed by atoms with Crippen LogP contribution in [0.1, 0.15) is 15.4 Å². The van der Waals surface area contributed by atoms with Crippen molar-refractivity contribution in [3.05, 3.63) is 49.3 Å². The largest absolute Gasteiger partial charge is 0.293 e. The molecule has 0 N–H and O–H groups in total. The van der Waals surface area contributed by atoms with E-state index in [-0.39, 0.29) is 5.78 Å². The molecule has 2 nitrogen and oxygen atoms in total. The molecular formula is C11H7Br2NOS. The van der Waals surface area contributed by atoms with Crippen LogP contribution >= 0.6 is 43.2 Å². The maximum Gasteiger partial charge on any atom is 0.178 e. The van der Waals surface area contributed by atoms with Gasteiger partial charge in [0.2, 0.25) is 0 Å². The second kappa shape index (κ2) is 5.21. The minimum atomic E-state index is 0.102. The zero-order valence-corrected chi connectivity index (χ0v) is 12.1. The fraction of sp³-hybridized carbons (Fsp3) is 0.0909. The van der Waals surface area contributed by atoms with Crippen LogP contribution < -0.4 is 0 Å². The van der Waals surface area contributed by atoms with E-state index in [0.29, 0.717) is 6.42 Å². The van der Waals surface area contributed by atoms with Gasteiger partial charge in [0, 0.05) is 16.4 Å². The highest BCUT2D eigenvalue weighted by atomic mass is 79.9. The molecule has 0 bridgehead atoms. The van der Waals surface area contributed by atoms with E-state index in [1.54, 1.807) is 6.20 Å². The number of carbonyl (C=O) groups excluding carboxylic acids is 1. The summed E-state index contributed by atoms with van der Waals surface area (Å²) < 4.78 is 1.89. The summed E-state index contributed by atoms with van der Waals surface area (Å²) in [7, 11) is 0. The molecule has 5 heteroatoms. The summed E-state index contributed by atoms with van der Waals surface area (Å²) in [4.78, 5) is 16.8. The van der Waals surface area contributed by atoms with E-state index in [2.05, 4.69) is 36.8 Å². The number of aromatic nitrogens is 1. The predicted octanol–water partition coefficient (Wildman–Crippen LogP) is 4.09. The number of Topliss-reactive ketones (excluding diaryl/α,β-unsaturated/α-hetero) is 1. The van der Waals surface area contributed by atoms with Crippen LogP contribution in [-0.4, -0.2) is 10.8 Å². The van der Waals surface area contributed by atoms with Crippen molar-refractivity contribution in [2.24, 2.45) is 0 Å². The van der Waals surface area contributed by atoms with Gasteiger partial charge in [-0.1, -0.05) is 0 Å². The van der Waals surface area contributed by atoms with Gasteiger partial charge in [0.15, 0.2) is 5.78 Å². The Hall–Kier alpha value is -0.520. The maximum absolute atomic E-state index is 11.9. The summed E-state index contributed by atoms with van der Waals surface area (Å²) >= 11 is 8.10. The van der Waals surface area contributed by atoms with Gasteiger partial charge in [0.1, 0.15) is 0 Å². The Morgan fingerprint density at radius 3 is 2.62 bits per heavy atom. The van der Waals surface area contributed by atoms with Crippen molar-refractivity contribution in [1.29, 1.82) is 0 Å². The molecule has 0 atom stereocenters. The Bertz CT molecular complexity index is 507. The molecule has 0 aliphatic rings. The SMILES string of the molecule is O=C(Cc1ccc(Br)cn1)c1ccc(Br)s1. The van der Waals surface area contributed by atoms with E-state index in [1.807, 2.05) is 24.3 Å². The Kier molecular flexibility index (Phi) is 3.89. The lowest BCUT2D eigenvalue weighted by Crippen LogP contribution is -2.02. The molecule has 0 aliphatic carbocycles. The fourth-order valence-electron chi connectivity index (χ4n) is 1.23. The summed E-state index contributed by atoms with van der Waals surface area (Å²) in [5, 5.41) is 0. The number of hydrogen-bond donors (Lipinski definition) is 0. The summed E-state index contributed by atoms with van der Waals surface area (Å²) in [6.07, 6.45) is 2.05. The molecule has 0 aliphatic heterocycles. The summed E-state index contributed by atoms with van der Waals surface area (Å²) in [5.41, 5.74) is 0.790. The van der Waals surface area contributed by atoms with Crippen LogP contribution in [0.5, 0.6) is 0 Å². The van der Waals surface area contributed by atoms with Gasteiger partial charge >= 0.3 is 0 Å². The molecule has 2 aromatic heterocycles. The highest BCUT2D eigenvalue weighted by molar-refractivity contribution is 9.11. The van der Waals surface area contributed by atoms with Crippen LogP contribution in [0.4, 0.5) is 0 Å². The van der Waals surface area contributed by atoms with Gasteiger partial charge in [0.05, 0.1) is 15.1 Å². The second-order valence-electron chi connectivity index (χ2n) is 3.17. The van der Waals surface area contributed by atoms with Gasteiger partial charge in [-0.15, -0.1) is 11.3 Å². The number of thiophene rings is 1. The molecule has 82 valence electrons. The van der Waals surface area contributed by atoms with Gasteiger partial charge in [-0.05, 0) is 56.1 Å². The van der Waals surface area contributed by atoms with Crippen LogP contribution in [0.2, 0.25) is 0 Å². The second-order valence-corrected chi connectivity index (χ2v) is 6.55. The smallest absolute Gasteiger partial charge is 0.178 e. The van der Waals surface area contributed by atoms with Gasteiger partial charge in [0.25, 0.3) is 0 Å². The molecule has 0 unspecified atom stereocenters. The van der Waals surface area contributed by atoms with Gasteiger partial charge in [-0.3, -0.25) is 9.78 Å². The first kappa shape index (κ1) is 12.0. The molecule has 16 heavy (non-hydrogen) atoms. The van der Waals surface area contributed by atoms with Gasteiger partial charge in [-0.25, -0.2) is 0 Å². The lowest BCUT2D eigenvalue weighted by atomic mass is 10.2. The van der Waals surface area contributed by atoms with Crippen molar-refractivity contribution < 1.29 is 4.79 Å². The molecule has 0 fully saturated rings. The number of rotatable bonds is 3. The molecule has 0 saturated carbocycles. The Balaban J connectivity index is 2.10. The molecule has 0 aromatic carbocycles. The molecule has 0 radical (unpaired) electrons. The summed E-state index contributed by atoms with van der Waals surface area (Å²) in [6, 6.07) is 7.45. The van der Waals surface area contributed by atoms with Crippen LogP contribution in [0.25, 0.3) is 0 Å². The third-order valence-corrected chi connectivity index (χ3v) is 4.11. The normalized spacial score (nSPS) is 10.4. The lowest BCUT2D eigenvalue weighted by molar-refractivity contribution is 0.0996. The fourth-order valence-corrected chi connectivity index (χ4v) is 2.78. The Labute approximate surface area is 114 Å². The average molecular weight is 361 g/mol. The Morgan fingerprint density at radius 1 is 1.25 bits per heavy atom. The summed E-state index contributed by atoms with van der Waals surface area (Å²) in [6.45, 7) is 0. The number of halogens is 2. The van der Waals surface area contributed by atoms with Crippen molar-refractivity contribution in [1.82, 2.24) is 4.98 Å². The first-order valence-electron chi connectivity index (χ1n) is 4.54. The number of pyridine rings is 1. The van der Waals surface area contributed by atoms with E-state index in [1.165, 1.54) is 11.3 Å². The predicted molar refractivity (Wildman–Crippen MR) is 72.0 cm³/mol. The monoisotopic (exact) mass is 359 g/mol. The Morgan fingerprint density at radius 2 is 2.06 bits per heavy atom. The van der Waals surface area contributed by atoms with E-state index in [4.69, 9.17) is 0 Å². The quantitative estimate of drug-likeness (QED) is 0.771. The molecule has 2 aromatic rings. The molecule has 2 rings (SSSR count). The van der Waals surface area contributed by atoms with Gasteiger partial charge in [-0.2, -0.15) is 0 Å². The zero-order chi connectivity index (χ0) is 11.5. The molecular weight excluding hydrogens is 354 g/mol. The highest BCUT2D eigenvalue weighted by Gasteiger charge is 2.10. The standard InChI is InChI=1S/C11H7Br2NOS/c12-7-1-2-8(14-6-7)5-9(15)10-3-4-11(13)16-10/h1-4,6H,5H2. The summed E-state index contributed by atoms with van der Waals surface area (Å²) in [5.74, 6) is 0.102. The lowest BCUT2D eigenvalue weighted by Gasteiger charge is -1.98. The van der Waals surface area contributed by atoms with E-state index < -0.39 is 0 Å². The van der Waals surface area contributed by atoms with Crippen molar-refractivity contribution in [3.63, 3.8) is 0 Å². The molecule has 0 spiro atoms. The number of nitrogens with zero attached hydrogens (tertiary/aromatic N) is 1. The van der Waals surface area contributed by atoms with Gasteiger partial charge < -0.3 is 0 Å². The first-order chi connectivity index (χ1) is 7.65. The third kappa shape index (κ3) is 2.99. The minimum absolute atomic E-state index is 0.102. The number of ketones is 1. The van der Waals surface area contributed by atoms with Crippen molar-refractivity contribution in [3.8, 4) is 0 Å². The topological polar surface area (TPSA) is 30.0 Å². The molecule has 0 amide bonds. The highest BCUT2D eigenvalue weighted by Crippen LogP contribution is 2.23. The van der Waals surface area contributed by atoms with E-state index in [0.717, 1.165) is 18.8 Å². The van der Waals surface area contributed by atoms with Crippen LogP contribution in [0.15, 0.2) is 38.7 Å². The first-order valence-corrected chi connectivity index (χ1v) is 6.94. The van der Waals surface area contributed by atoms with Crippen molar-refractivity contribution in [2.75, 3.05) is 0 Å². The van der Waals surface area contributed by atoms with Crippen molar-refractivity contribution in [2.45, 2.75) is 6.42 Å². The minimum Gasteiger partial charge on any atom is -0.293 e. The average Bonchev–Trinajstić information content (AvgIpc) is 2.68. The van der Waals surface area contributed by atoms with Crippen LogP contribution in [0.3, 0.4) is 0 Å².